The van der Waals surface area contributed by atoms with Gasteiger partial charge in [-0.2, -0.15) is 0 Å². The second kappa shape index (κ2) is 9.66. The number of guanidine groups is 1. The van der Waals surface area contributed by atoms with Crippen molar-refractivity contribution in [1.82, 2.24) is 15.1 Å². The average Bonchev–Trinajstić information content (AvgIpc) is 2.57. The first-order valence-corrected chi connectivity index (χ1v) is 8.27. The third-order valence-corrected chi connectivity index (χ3v) is 4.63. The quantitative estimate of drug-likeness (QED) is 0.453. The number of esters is 1. The van der Waals surface area contributed by atoms with E-state index in [9.17, 15) is 4.79 Å². The maximum Gasteiger partial charge on any atom is 0.308 e. The van der Waals surface area contributed by atoms with Gasteiger partial charge in [-0.1, -0.05) is 6.92 Å². The van der Waals surface area contributed by atoms with Gasteiger partial charge in [0.05, 0.1) is 13.0 Å². The molecule has 0 aromatic heterocycles. The number of likely N-dealkylation sites (N-methyl/N-ethyl adjacent to an activating group) is 1. The summed E-state index contributed by atoms with van der Waals surface area (Å²) in [5, 5.41) is 3.43. The topological polar surface area (TPSA) is 57.2 Å². The molecule has 0 spiro atoms. The lowest BCUT2D eigenvalue weighted by Gasteiger charge is -2.33. The molecule has 0 aliphatic carbocycles. The number of hydrogen-bond donors (Lipinski definition) is 1. The van der Waals surface area contributed by atoms with Gasteiger partial charge in [0, 0.05) is 39.3 Å². The summed E-state index contributed by atoms with van der Waals surface area (Å²) in [6.45, 7) is 8.02. The van der Waals surface area contributed by atoms with E-state index in [1.807, 2.05) is 7.05 Å². The molecule has 128 valence electrons. The van der Waals surface area contributed by atoms with Crippen molar-refractivity contribution in [1.29, 1.82) is 0 Å². The van der Waals surface area contributed by atoms with Crippen LogP contribution >= 0.6 is 0 Å². The molecule has 0 aromatic carbocycles. The summed E-state index contributed by atoms with van der Waals surface area (Å²) in [4.78, 5) is 20.5. The highest BCUT2D eigenvalue weighted by Gasteiger charge is 2.26. The van der Waals surface area contributed by atoms with Crippen molar-refractivity contribution >= 4 is 11.9 Å². The molecule has 1 atom stereocenters. The molecule has 6 nitrogen and oxygen atoms in total. The molecule has 1 saturated heterocycles. The first-order valence-electron chi connectivity index (χ1n) is 8.27. The fraction of sp³-hybridized carbons (Fsp3) is 0.875. The normalized spacial score (nSPS) is 18.5. The number of nitrogens with one attached hydrogen (secondary N) is 1. The van der Waals surface area contributed by atoms with Gasteiger partial charge in [0.1, 0.15) is 0 Å². The van der Waals surface area contributed by atoms with Gasteiger partial charge in [-0.05, 0) is 33.2 Å². The van der Waals surface area contributed by atoms with Crippen molar-refractivity contribution in [2.24, 2.45) is 10.9 Å². The summed E-state index contributed by atoms with van der Waals surface area (Å²) in [6.07, 6.45) is 2.83. The number of carbonyl (C=O) groups excluding carboxylic acids is 1. The predicted molar refractivity (Wildman–Crippen MR) is 90.1 cm³/mol. The fourth-order valence-electron chi connectivity index (χ4n) is 2.70. The summed E-state index contributed by atoms with van der Waals surface area (Å²) >= 11 is 0. The molecule has 1 aliphatic rings. The van der Waals surface area contributed by atoms with E-state index >= 15 is 0 Å². The summed E-state index contributed by atoms with van der Waals surface area (Å²) in [5.74, 6) is 0.884. The van der Waals surface area contributed by atoms with Crippen LogP contribution in [0.4, 0.5) is 0 Å². The molecule has 6 heteroatoms. The molecule has 1 unspecified atom stereocenters. The van der Waals surface area contributed by atoms with E-state index in [0.29, 0.717) is 6.04 Å². The van der Waals surface area contributed by atoms with Gasteiger partial charge < -0.3 is 19.9 Å². The Kier molecular flexibility index (Phi) is 8.24. The van der Waals surface area contributed by atoms with E-state index in [1.54, 1.807) is 0 Å². The molecule has 1 heterocycles. The zero-order chi connectivity index (χ0) is 16.5. The maximum absolute atomic E-state index is 11.6. The first-order chi connectivity index (χ1) is 10.5. The largest absolute Gasteiger partial charge is 0.469 e. The van der Waals surface area contributed by atoms with E-state index in [0.717, 1.165) is 51.4 Å². The zero-order valence-electron chi connectivity index (χ0n) is 14.8. The summed E-state index contributed by atoms with van der Waals surface area (Å²) in [6, 6.07) is 0.597. The number of ether oxygens (including phenoxy) is 1. The molecule has 22 heavy (non-hydrogen) atoms. The molecule has 1 fully saturated rings. The minimum Gasteiger partial charge on any atom is -0.469 e. The van der Waals surface area contributed by atoms with Crippen LogP contribution in [0.25, 0.3) is 0 Å². The maximum atomic E-state index is 11.6. The van der Waals surface area contributed by atoms with Crippen molar-refractivity contribution in [3.05, 3.63) is 0 Å². The highest BCUT2D eigenvalue weighted by Crippen LogP contribution is 2.18. The molecular formula is C16H32N4O2. The molecule has 0 aromatic rings. The number of piperidine rings is 1. The molecular weight excluding hydrogens is 280 g/mol. The van der Waals surface area contributed by atoms with Crippen molar-refractivity contribution in [2.45, 2.75) is 39.2 Å². The fourth-order valence-corrected chi connectivity index (χ4v) is 2.70. The first kappa shape index (κ1) is 18.7. The summed E-state index contributed by atoms with van der Waals surface area (Å²) < 4.78 is 4.83. The van der Waals surface area contributed by atoms with Gasteiger partial charge in [-0.25, -0.2) is 0 Å². The molecule has 0 saturated carbocycles. The van der Waals surface area contributed by atoms with Crippen molar-refractivity contribution in [3.63, 3.8) is 0 Å². The second-order valence-corrected chi connectivity index (χ2v) is 6.00. The Morgan fingerprint density at radius 2 is 2.09 bits per heavy atom. The number of likely N-dealkylation sites (tertiary alicyclic amines) is 1. The van der Waals surface area contributed by atoms with Crippen molar-refractivity contribution in [3.8, 4) is 0 Å². The Hall–Kier alpha value is -1.30. The van der Waals surface area contributed by atoms with E-state index in [-0.39, 0.29) is 11.9 Å². The van der Waals surface area contributed by atoms with E-state index in [1.165, 1.54) is 7.11 Å². The number of aliphatic imine (C=N–C) groups is 1. The summed E-state index contributed by atoms with van der Waals surface area (Å²) in [5.41, 5.74) is 0. The van der Waals surface area contributed by atoms with E-state index in [2.05, 4.69) is 41.0 Å². The van der Waals surface area contributed by atoms with Crippen LogP contribution in [0.3, 0.4) is 0 Å². The van der Waals surface area contributed by atoms with Crippen LogP contribution in [0, 0.1) is 5.92 Å². The number of nitrogens with zero attached hydrogens (tertiary/aromatic N) is 3. The zero-order valence-corrected chi connectivity index (χ0v) is 14.8. The Bertz CT molecular complexity index is 365. The summed E-state index contributed by atoms with van der Waals surface area (Å²) in [7, 11) is 5.43. The van der Waals surface area contributed by atoms with Gasteiger partial charge in [0.2, 0.25) is 0 Å². The average molecular weight is 312 g/mol. The van der Waals surface area contributed by atoms with Gasteiger partial charge >= 0.3 is 5.97 Å². The Balaban J connectivity index is 2.36. The van der Waals surface area contributed by atoms with Crippen LogP contribution in [0.5, 0.6) is 0 Å². The van der Waals surface area contributed by atoms with Crippen LogP contribution < -0.4 is 5.32 Å². The van der Waals surface area contributed by atoms with Crippen LogP contribution in [0.2, 0.25) is 0 Å². The lowest BCUT2D eigenvalue weighted by Crippen LogP contribution is -2.48. The van der Waals surface area contributed by atoms with Crippen LogP contribution in [0.1, 0.15) is 33.1 Å². The molecule has 1 rings (SSSR count). The molecule has 1 N–H and O–H groups in total. The van der Waals surface area contributed by atoms with Gasteiger partial charge in [-0.15, -0.1) is 0 Å². The monoisotopic (exact) mass is 312 g/mol. The molecule has 0 amide bonds. The van der Waals surface area contributed by atoms with Crippen LogP contribution in [-0.4, -0.2) is 75.2 Å². The van der Waals surface area contributed by atoms with Gasteiger partial charge in [0.25, 0.3) is 0 Å². The number of methoxy groups -OCH3 is 1. The molecule has 1 aliphatic heterocycles. The second-order valence-electron chi connectivity index (χ2n) is 6.00. The van der Waals surface area contributed by atoms with Gasteiger partial charge in [-0.3, -0.25) is 9.79 Å². The lowest BCUT2D eigenvalue weighted by molar-refractivity contribution is -0.146. The van der Waals surface area contributed by atoms with E-state index in [4.69, 9.17) is 4.74 Å². The van der Waals surface area contributed by atoms with Crippen molar-refractivity contribution in [2.75, 3.05) is 47.4 Å². The third-order valence-electron chi connectivity index (χ3n) is 4.63. The van der Waals surface area contributed by atoms with Crippen molar-refractivity contribution < 1.29 is 9.53 Å². The smallest absolute Gasteiger partial charge is 0.308 e. The highest BCUT2D eigenvalue weighted by molar-refractivity contribution is 5.80. The number of rotatable bonds is 6. The Labute approximate surface area is 134 Å². The highest BCUT2D eigenvalue weighted by atomic mass is 16.5. The minimum atomic E-state index is -0.0854. The molecule has 0 radical (unpaired) electrons. The minimum absolute atomic E-state index is 0.0379. The Morgan fingerprint density at radius 1 is 1.45 bits per heavy atom. The molecule has 0 bridgehead atoms. The lowest BCUT2D eigenvalue weighted by atomic mass is 9.97. The van der Waals surface area contributed by atoms with Crippen LogP contribution in [0.15, 0.2) is 4.99 Å². The third kappa shape index (κ3) is 5.48. The van der Waals surface area contributed by atoms with Gasteiger partial charge in [0.15, 0.2) is 5.96 Å². The number of hydrogen-bond acceptors (Lipinski definition) is 4. The van der Waals surface area contributed by atoms with E-state index < -0.39 is 0 Å². The number of carbonyl (C=O) groups is 1. The Morgan fingerprint density at radius 3 is 2.59 bits per heavy atom. The van der Waals surface area contributed by atoms with Crippen LogP contribution in [-0.2, 0) is 9.53 Å². The SMILES string of the molecule is CCC(C)N(C)CCNC(=NC)N1CCC(C(=O)OC)CC1. The predicted octanol–water partition coefficient (Wildman–Crippen LogP) is 1.18. The standard InChI is InChI=1S/C16H32N4O2/c1-6-13(2)19(4)12-9-18-16(17-3)20-10-7-14(8-11-20)15(21)22-5/h13-14H,6-12H2,1-5H3,(H,17,18).